The standard InChI is InChI=1S/C11H26N4O8P2.2Na/c1-2-12-4-3-10(16)13-5-6-14-11(17)7-15(8-24(18,19)20)9-25(21,22)23;;/h12H,2-9H2,1H3,(H,13,16)(H,14,17)(H2,18,19,20)(H2,21,22,23);;/q;2*+1/p-2. The number of carbonyl (C=O) groups is 2. The first-order valence-corrected chi connectivity index (χ1v) is 11.0. The summed E-state index contributed by atoms with van der Waals surface area (Å²) in [6, 6.07) is 0. The summed E-state index contributed by atoms with van der Waals surface area (Å²) in [7, 11) is -9.72. The molecular weight excluding hydrogens is 424 g/mol. The van der Waals surface area contributed by atoms with Gasteiger partial charge in [0.2, 0.25) is 11.8 Å². The fourth-order valence-electron chi connectivity index (χ4n) is 1.78. The van der Waals surface area contributed by atoms with Crippen LogP contribution in [0.3, 0.4) is 0 Å². The van der Waals surface area contributed by atoms with Gasteiger partial charge in [0.15, 0.2) is 0 Å². The molecule has 0 aliphatic rings. The van der Waals surface area contributed by atoms with Gasteiger partial charge >= 0.3 is 59.1 Å². The van der Waals surface area contributed by atoms with E-state index in [9.17, 15) is 28.5 Å². The molecule has 0 aliphatic heterocycles. The zero-order valence-corrected chi connectivity index (χ0v) is 21.6. The van der Waals surface area contributed by atoms with E-state index in [1.165, 1.54) is 0 Å². The summed E-state index contributed by atoms with van der Waals surface area (Å²) in [5.41, 5.74) is 0. The minimum Gasteiger partial charge on any atom is -0.778 e. The molecule has 0 saturated heterocycles. The van der Waals surface area contributed by atoms with Gasteiger partial charge in [0.05, 0.1) is 19.1 Å². The van der Waals surface area contributed by atoms with Crippen molar-refractivity contribution >= 4 is 27.0 Å². The summed E-state index contributed by atoms with van der Waals surface area (Å²) in [6.45, 7) is 2.68. The molecule has 0 radical (unpaired) electrons. The maximum absolute atomic E-state index is 11.7. The molecule has 12 nitrogen and oxygen atoms in total. The molecule has 5 N–H and O–H groups in total. The summed E-state index contributed by atoms with van der Waals surface area (Å²) in [6.07, 6.45) is -1.93. The van der Waals surface area contributed by atoms with E-state index in [1.807, 2.05) is 6.92 Å². The third kappa shape index (κ3) is 23.3. The van der Waals surface area contributed by atoms with E-state index in [0.717, 1.165) is 6.54 Å². The zero-order chi connectivity index (χ0) is 19.5. The Morgan fingerprint density at radius 2 is 1.37 bits per heavy atom. The topological polar surface area (TPSA) is 194 Å². The van der Waals surface area contributed by atoms with Crippen LogP contribution in [0.4, 0.5) is 0 Å². The first-order valence-electron chi connectivity index (χ1n) is 7.45. The van der Waals surface area contributed by atoms with Crippen LogP contribution in [-0.4, -0.2) is 71.8 Å². The first-order chi connectivity index (χ1) is 11.4. The largest absolute Gasteiger partial charge is 1.00 e. The van der Waals surface area contributed by atoms with Crippen molar-refractivity contribution in [2.45, 2.75) is 13.3 Å². The van der Waals surface area contributed by atoms with Crippen molar-refractivity contribution < 1.29 is 97.4 Å². The zero-order valence-electron chi connectivity index (χ0n) is 15.8. The van der Waals surface area contributed by atoms with E-state index in [4.69, 9.17) is 9.79 Å². The van der Waals surface area contributed by atoms with Crippen LogP contribution in [-0.2, 0) is 18.7 Å². The Kier molecular flexibility index (Phi) is 20.5. The Hall–Kier alpha value is 1.16. The predicted octanol–water partition coefficient (Wildman–Crippen LogP) is -9.47. The monoisotopic (exact) mass is 448 g/mol. The molecule has 16 heteroatoms. The maximum Gasteiger partial charge on any atom is 1.00 e. The Balaban J connectivity index is -0.00000288. The van der Waals surface area contributed by atoms with Gasteiger partial charge in [-0.05, 0) is 6.54 Å². The van der Waals surface area contributed by atoms with Crippen molar-refractivity contribution in [2.24, 2.45) is 0 Å². The van der Waals surface area contributed by atoms with Crippen LogP contribution in [0.5, 0.6) is 0 Å². The first kappa shape index (κ1) is 32.8. The quantitative estimate of drug-likeness (QED) is 0.103. The van der Waals surface area contributed by atoms with Gasteiger partial charge in [0.25, 0.3) is 0 Å². The SMILES string of the molecule is CCNCCC(=O)NCCNC(=O)CN(CP(=O)([O-])O)CP(=O)([O-])O.[Na+].[Na+]. The van der Waals surface area contributed by atoms with Crippen LogP contribution in [0.2, 0.25) is 0 Å². The van der Waals surface area contributed by atoms with Gasteiger partial charge in [-0.15, -0.1) is 0 Å². The third-order valence-corrected chi connectivity index (χ3v) is 4.19. The van der Waals surface area contributed by atoms with Crippen molar-refractivity contribution in [3.05, 3.63) is 0 Å². The summed E-state index contributed by atoms with van der Waals surface area (Å²) in [5, 5.41) is 7.87. The minimum absolute atomic E-state index is 0. The maximum atomic E-state index is 11.7. The van der Waals surface area contributed by atoms with Crippen molar-refractivity contribution in [1.82, 2.24) is 20.9 Å². The second-order valence-corrected chi connectivity index (χ2v) is 8.31. The van der Waals surface area contributed by atoms with Crippen LogP contribution in [0.25, 0.3) is 0 Å². The van der Waals surface area contributed by atoms with Gasteiger partial charge in [-0.25, -0.2) is 0 Å². The Labute approximate surface area is 202 Å². The number of nitrogens with zero attached hydrogens (tertiary/aromatic N) is 1. The van der Waals surface area contributed by atoms with E-state index < -0.39 is 40.2 Å². The Bertz CT molecular complexity index is 506. The molecule has 0 heterocycles. The van der Waals surface area contributed by atoms with Crippen molar-refractivity contribution in [1.29, 1.82) is 0 Å². The predicted molar refractivity (Wildman–Crippen MR) is 85.3 cm³/mol. The number of hydrogen-bond donors (Lipinski definition) is 5. The van der Waals surface area contributed by atoms with Gasteiger partial charge in [-0.3, -0.25) is 14.5 Å². The molecule has 0 saturated carbocycles. The van der Waals surface area contributed by atoms with Crippen LogP contribution in [0.1, 0.15) is 13.3 Å². The van der Waals surface area contributed by atoms with Crippen LogP contribution in [0, 0.1) is 0 Å². The molecule has 0 aliphatic carbocycles. The van der Waals surface area contributed by atoms with E-state index >= 15 is 0 Å². The van der Waals surface area contributed by atoms with Gasteiger partial charge in [0, 0.05) is 26.1 Å². The molecule has 0 aromatic carbocycles. The van der Waals surface area contributed by atoms with Gasteiger partial charge in [-0.1, -0.05) is 6.92 Å². The number of hydrogen-bond acceptors (Lipinski definition) is 8. The molecule has 0 spiro atoms. The van der Waals surface area contributed by atoms with Gasteiger partial charge in [-0.2, -0.15) is 0 Å². The second kappa shape index (κ2) is 16.9. The second-order valence-electron chi connectivity index (χ2n) is 5.19. The summed E-state index contributed by atoms with van der Waals surface area (Å²) >= 11 is 0. The van der Waals surface area contributed by atoms with Crippen molar-refractivity contribution in [2.75, 3.05) is 45.3 Å². The van der Waals surface area contributed by atoms with Gasteiger partial charge < -0.3 is 44.7 Å². The molecule has 0 aromatic rings. The van der Waals surface area contributed by atoms with E-state index in [1.54, 1.807) is 0 Å². The van der Waals surface area contributed by atoms with Crippen LogP contribution >= 0.6 is 15.2 Å². The number of amides is 2. The fourth-order valence-corrected chi connectivity index (χ4v) is 3.35. The molecule has 0 rings (SSSR count). The number of rotatable bonds is 13. The molecule has 0 fully saturated rings. The van der Waals surface area contributed by atoms with Crippen LogP contribution in [0.15, 0.2) is 0 Å². The number of nitrogens with one attached hydrogen (secondary N) is 3. The molecule has 148 valence electrons. The van der Waals surface area contributed by atoms with E-state index in [0.29, 0.717) is 11.4 Å². The van der Waals surface area contributed by atoms with Crippen molar-refractivity contribution in [3.63, 3.8) is 0 Å². The minimum atomic E-state index is -4.86. The fraction of sp³-hybridized carbons (Fsp3) is 0.818. The molecular formula is C11H24N4Na2O8P2. The Morgan fingerprint density at radius 3 is 1.78 bits per heavy atom. The average molecular weight is 448 g/mol. The Morgan fingerprint density at radius 1 is 0.926 bits per heavy atom. The molecule has 2 atom stereocenters. The summed E-state index contributed by atoms with van der Waals surface area (Å²) < 4.78 is 21.7. The van der Waals surface area contributed by atoms with Crippen molar-refractivity contribution in [3.8, 4) is 0 Å². The smallest absolute Gasteiger partial charge is 0.778 e. The third-order valence-electron chi connectivity index (χ3n) is 2.67. The molecule has 2 amide bonds. The molecule has 0 aromatic heterocycles. The molecule has 2 unspecified atom stereocenters. The molecule has 27 heavy (non-hydrogen) atoms. The van der Waals surface area contributed by atoms with Gasteiger partial charge in [0.1, 0.15) is 15.2 Å². The summed E-state index contributed by atoms with van der Waals surface area (Å²) in [5.74, 6) is -0.944. The summed E-state index contributed by atoms with van der Waals surface area (Å²) in [4.78, 5) is 62.8. The molecule has 0 bridgehead atoms. The van der Waals surface area contributed by atoms with E-state index in [-0.39, 0.29) is 84.5 Å². The normalized spacial score (nSPS) is 14.9. The van der Waals surface area contributed by atoms with Crippen LogP contribution < -0.4 is 84.9 Å². The number of carbonyl (C=O) groups excluding carboxylic acids is 2. The van der Waals surface area contributed by atoms with E-state index in [2.05, 4.69) is 16.0 Å². The average Bonchev–Trinajstić information content (AvgIpc) is 2.40.